The van der Waals surface area contributed by atoms with Gasteiger partial charge in [0.1, 0.15) is 0 Å². The van der Waals surface area contributed by atoms with Crippen LogP contribution in [0.4, 0.5) is 0 Å². The van der Waals surface area contributed by atoms with Crippen molar-refractivity contribution in [3.8, 4) is 0 Å². The first-order valence-corrected chi connectivity index (χ1v) is 9.50. The van der Waals surface area contributed by atoms with Crippen LogP contribution in [0.3, 0.4) is 0 Å². The molecule has 19 heavy (non-hydrogen) atoms. The number of sulfonamides is 1. The molecule has 3 saturated carbocycles. The Labute approximate surface area is 115 Å². The molecule has 4 fully saturated rings. The van der Waals surface area contributed by atoms with E-state index >= 15 is 0 Å². The fourth-order valence-corrected chi connectivity index (χ4v) is 6.88. The minimum absolute atomic E-state index is 0.304. The van der Waals surface area contributed by atoms with Crippen molar-refractivity contribution in [2.24, 2.45) is 29.6 Å². The molecule has 108 valence electrons. The van der Waals surface area contributed by atoms with E-state index < -0.39 is 10.0 Å². The van der Waals surface area contributed by atoms with Crippen molar-refractivity contribution >= 4 is 10.0 Å². The topological polar surface area (TPSA) is 58.2 Å². The zero-order chi connectivity index (χ0) is 13.0. The van der Waals surface area contributed by atoms with Gasteiger partial charge in [-0.3, -0.25) is 0 Å². The lowest BCUT2D eigenvalue weighted by molar-refractivity contribution is 0.399. The van der Waals surface area contributed by atoms with E-state index in [1.165, 1.54) is 19.3 Å². The van der Waals surface area contributed by atoms with Gasteiger partial charge in [-0.15, -0.1) is 0 Å². The molecule has 1 saturated heterocycles. The van der Waals surface area contributed by atoms with Crippen LogP contribution in [0.25, 0.3) is 0 Å². The summed E-state index contributed by atoms with van der Waals surface area (Å²) in [5.41, 5.74) is 0. The van der Waals surface area contributed by atoms with E-state index in [2.05, 4.69) is 10.0 Å². The van der Waals surface area contributed by atoms with Crippen LogP contribution in [-0.2, 0) is 10.0 Å². The highest BCUT2D eigenvalue weighted by Gasteiger charge is 2.65. The Kier molecular flexibility index (Phi) is 2.94. The zero-order valence-corrected chi connectivity index (χ0v) is 12.2. The van der Waals surface area contributed by atoms with E-state index in [4.69, 9.17) is 0 Å². The standard InChI is InChI=1S/C14H24N2O2S/c17-19(18,8-9-3-5-15-6-4-9)16-14-12-10-1-2-11(7-10)13(12)14/h9-16H,1-8H2. The van der Waals surface area contributed by atoms with Gasteiger partial charge in [-0.05, 0) is 74.8 Å². The molecule has 5 heteroatoms. The van der Waals surface area contributed by atoms with Crippen molar-refractivity contribution in [3.63, 3.8) is 0 Å². The van der Waals surface area contributed by atoms with Crippen LogP contribution in [0.2, 0.25) is 0 Å². The van der Waals surface area contributed by atoms with Gasteiger partial charge in [0.05, 0.1) is 5.75 Å². The molecule has 4 atom stereocenters. The number of rotatable bonds is 4. The molecule has 0 aromatic rings. The summed E-state index contributed by atoms with van der Waals surface area (Å²) in [5, 5.41) is 3.29. The van der Waals surface area contributed by atoms with Gasteiger partial charge in [-0.25, -0.2) is 13.1 Å². The van der Waals surface area contributed by atoms with Crippen molar-refractivity contribution in [3.05, 3.63) is 0 Å². The summed E-state index contributed by atoms with van der Waals surface area (Å²) >= 11 is 0. The van der Waals surface area contributed by atoms with Crippen LogP contribution in [0, 0.1) is 29.6 Å². The van der Waals surface area contributed by atoms with E-state index in [9.17, 15) is 8.42 Å². The van der Waals surface area contributed by atoms with E-state index in [0.29, 0.717) is 29.5 Å². The van der Waals surface area contributed by atoms with Crippen LogP contribution < -0.4 is 10.0 Å². The maximum Gasteiger partial charge on any atom is 0.212 e. The summed E-state index contributed by atoms with van der Waals surface area (Å²) in [7, 11) is -3.06. The van der Waals surface area contributed by atoms with Crippen molar-refractivity contribution in [2.45, 2.75) is 38.1 Å². The van der Waals surface area contributed by atoms with Gasteiger partial charge in [-0.1, -0.05) is 0 Å². The highest BCUT2D eigenvalue weighted by Crippen LogP contribution is 2.65. The zero-order valence-electron chi connectivity index (χ0n) is 11.3. The highest BCUT2D eigenvalue weighted by atomic mass is 32.2. The lowest BCUT2D eigenvalue weighted by Crippen LogP contribution is -2.37. The Balaban J connectivity index is 1.35. The lowest BCUT2D eigenvalue weighted by Gasteiger charge is -2.22. The Hall–Kier alpha value is -0.130. The van der Waals surface area contributed by atoms with Gasteiger partial charge in [0.25, 0.3) is 0 Å². The Morgan fingerprint density at radius 2 is 1.63 bits per heavy atom. The molecule has 0 amide bonds. The first-order chi connectivity index (χ1) is 9.14. The SMILES string of the molecule is O=S(=O)(CC1CCNCC1)NC1C2C3CCC(C3)C12. The molecule has 2 bridgehead atoms. The molecule has 4 nitrogen and oxygen atoms in total. The molecular formula is C14H24N2O2S. The van der Waals surface area contributed by atoms with Crippen LogP contribution in [0.5, 0.6) is 0 Å². The molecule has 0 spiro atoms. The highest BCUT2D eigenvalue weighted by molar-refractivity contribution is 7.89. The maximum absolute atomic E-state index is 12.3. The largest absolute Gasteiger partial charge is 0.317 e. The average Bonchev–Trinajstić information content (AvgIpc) is 2.78. The van der Waals surface area contributed by atoms with Gasteiger partial charge in [0.15, 0.2) is 0 Å². The summed E-state index contributed by atoms with van der Waals surface area (Å²) in [6, 6.07) is 0.304. The first-order valence-electron chi connectivity index (χ1n) is 7.85. The first kappa shape index (κ1) is 12.6. The third-order valence-electron chi connectivity index (χ3n) is 5.96. The van der Waals surface area contributed by atoms with Crippen molar-refractivity contribution in [1.29, 1.82) is 0 Å². The average molecular weight is 284 g/mol. The Morgan fingerprint density at radius 1 is 1.00 bits per heavy atom. The molecule has 1 heterocycles. The van der Waals surface area contributed by atoms with Gasteiger partial charge in [-0.2, -0.15) is 0 Å². The van der Waals surface area contributed by atoms with E-state index in [1.807, 2.05) is 0 Å². The lowest BCUT2D eigenvalue weighted by atomic mass is 10.0. The monoisotopic (exact) mass is 284 g/mol. The Bertz CT molecular complexity index is 442. The van der Waals surface area contributed by atoms with Gasteiger partial charge in [0.2, 0.25) is 10.0 Å². The second kappa shape index (κ2) is 4.43. The number of hydrogen-bond donors (Lipinski definition) is 2. The minimum atomic E-state index is -3.06. The molecule has 4 unspecified atom stereocenters. The summed E-state index contributed by atoms with van der Waals surface area (Å²) in [5.74, 6) is 3.76. The molecule has 2 N–H and O–H groups in total. The number of piperidine rings is 1. The predicted octanol–water partition coefficient (Wildman–Crippen LogP) is 0.950. The quantitative estimate of drug-likeness (QED) is 0.808. The third kappa shape index (κ3) is 2.24. The number of nitrogens with one attached hydrogen (secondary N) is 2. The second-order valence-electron chi connectivity index (χ2n) is 7.11. The van der Waals surface area contributed by atoms with Crippen LogP contribution >= 0.6 is 0 Å². The van der Waals surface area contributed by atoms with Gasteiger partial charge >= 0.3 is 0 Å². The fraction of sp³-hybridized carbons (Fsp3) is 1.00. The van der Waals surface area contributed by atoms with Crippen LogP contribution in [0.15, 0.2) is 0 Å². The molecule has 4 aliphatic rings. The molecule has 0 aromatic carbocycles. The van der Waals surface area contributed by atoms with Crippen LogP contribution in [0.1, 0.15) is 32.1 Å². The molecule has 1 aliphatic heterocycles. The van der Waals surface area contributed by atoms with Gasteiger partial charge < -0.3 is 5.32 Å². The van der Waals surface area contributed by atoms with Crippen LogP contribution in [-0.4, -0.2) is 33.3 Å². The van der Waals surface area contributed by atoms with E-state index in [0.717, 1.165) is 37.8 Å². The fourth-order valence-electron chi connectivity index (χ4n) is 5.10. The smallest absolute Gasteiger partial charge is 0.212 e. The molecule has 0 aromatic heterocycles. The maximum atomic E-state index is 12.3. The summed E-state index contributed by atoms with van der Waals surface area (Å²) < 4.78 is 27.6. The minimum Gasteiger partial charge on any atom is -0.317 e. The van der Waals surface area contributed by atoms with Crippen molar-refractivity contribution < 1.29 is 8.42 Å². The molecule has 3 aliphatic carbocycles. The van der Waals surface area contributed by atoms with Crippen molar-refractivity contribution in [1.82, 2.24) is 10.0 Å². The normalized spacial score (nSPS) is 45.4. The second-order valence-corrected chi connectivity index (χ2v) is 8.90. The van der Waals surface area contributed by atoms with E-state index in [1.54, 1.807) is 0 Å². The Morgan fingerprint density at radius 3 is 2.26 bits per heavy atom. The molecular weight excluding hydrogens is 260 g/mol. The summed E-state index contributed by atoms with van der Waals surface area (Å²) in [6.07, 6.45) is 6.08. The summed E-state index contributed by atoms with van der Waals surface area (Å²) in [6.45, 7) is 1.94. The van der Waals surface area contributed by atoms with Crippen molar-refractivity contribution in [2.75, 3.05) is 18.8 Å². The third-order valence-corrected chi connectivity index (χ3v) is 7.51. The number of hydrogen-bond acceptors (Lipinski definition) is 3. The molecule has 4 rings (SSSR count). The summed E-state index contributed by atoms with van der Waals surface area (Å²) in [4.78, 5) is 0. The predicted molar refractivity (Wildman–Crippen MR) is 74.1 cm³/mol. The van der Waals surface area contributed by atoms with Gasteiger partial charge in [0, 0.05) is 6.04 Å². The number of fused-ring (bicyclic) bond motifs is 5. The molecule has 0 radical (unpaired) electrons. The van der Waals surface area contributed by atoms with E-state index in [-0.39, 0.29) is 0 Å².